The van der Waals surface area contributed by atoms with Gasteiger partial charge in [0.05, 0.1) is 0 Å². The Bertz CT molecular complexity index is 653. The Morgan fingerprint density at radius 2 is 1.75 bits per heavy atom. The largest absolute Gasteiger partial charge is 0.322 e. The summed E-state index contributed by atoms with van der Waals surface area (Å²) in [7, 11) is 0. The SMILES string of the molecule is CCc1cc(Br)ccc1NC(=O)c1ccc(Br)cc1C. The molecule has 2 aromatic carbocycles. The number of rotatable bonds is 3. The van der Waals surface area contributed by atoms with E-state index in [0.29, 0.717) is 5.56 Å². The Kier molecular flexibility index (Phi) is 5.00. The number of halogens is 2. The van der Waals surface area contributed by atoms with Gasteiger partial charge in [0.25, 0.3) is 5.91 Å². The van der Waals surface area contributed by atoms with Crippen molar-refractivity contribution in [2.45, 2.75) is 20.3 Å². The zero-order valence-electron chi connectivity index (χ0n) is 11.3. The molecule has 0 unspecified atom stereocenters. The molecule has 0 spiro atoms. The number of hydrogen-bond donors (Lipinski definition) is 1. The predicted octanol–water partition coefficient (Wildman–Crippen LogP) is 5.33. The summed E-state index contributed by atoms with van der Waals surface area (Å²) in [6, 6.07) is 11.5. The van der Waals surface area contributed by atoms with Gasteiger partial charge in [-0.15, -0.1) is 0 Å². The average Bonchev–Trinajstić information content (AvgIpc) is 2.40. The Hall–Kier alpha value is -1.13. The van der Waals surface area contributed by atoms with E-state index in [1.807, 2.05) is 43.3 Å². The van der Waals surface area contributed by atoms with Crippen molar-refractivity contribution < 1.29 is 4.79 Å². The lowest BCUT2D eigenvalue weighted by molar-refractivity contribution is 0.102. The maximum absolute atomic E-state index is 12.4. The summed E-state index contributed by atoms with van der Waals surface area (Å²) in [6.45, 7) is 4.00. The maximum atomic E-state index is 12.4. The molecule has 0 atom stereocenters. The van der Waals surface area contributed by atoms with Crippen molar-refractivity contribution in [3.63, 3.8) is 0 Å². The fraction of sp³-hybridized carbons (Fsp3) is 0.188. The van der Waals surface area contributed by atoms with Gasteiger partial charge in [-0.2, -0.15) is 0 Å². The van der Waals surface area contributed by atoms with Crippen molar-refractivity contribution in [1.29, 1.82) is 0 Å². The number of benzene rings is 2. The van der Waals surface area contributed by atoms with Crippen molar-refractivity contribution in [1.82, 2.24) is 0 Å². The highest BCUT2D eigenvalue weighted by Crippen LogP contribution is 2.23. The van der Waals surface area contributed by atoms with Crippen LogP contribution in [0.2, 0.25) is 0 Å². The van der Waals surface area contributed by atoms with Crippen molar-refractivity contribution in [2.75, 3.05) is 5.32 Å². The Balaban J connectivity index is 2.28. The molecule has 0 heterocycles. The van der Waals surface area contributed by atoms with Gasteiger partial charge in [0.2, 0.25) is 0 Å². The number of nitrogens with one attached hydrogen (secondary N) is 1. The normalized spacial score (nSPS) is 10.4. The van der Waals surface area contributed by atoms with Crippen molar-refractivity contribution in [3.05, 3.63) is 62.0 Å². The summed E-state index contributed by atoms with van der Waals surface area (Å²) in [5.41, 5.74) is 3.62. The summed E-state index contributed by atoms with van der Waals surface area (Å²) in [4.78, 5) is 12.4. The summed E-state index contributed by atoms with van der Waals surface area (Å²) in [5, 5.41) is 2.99. The average molecular weight is 397 g/mol. The standard InChI is InChI=1S/C16H15Br2NO/c1-3-11-9-13(18)5-7-15(11)19-16(20)14-6-4-12(17)8-10(14)2/h4-9H,3H2,1-2H3,(H,19,20). The van der Waals surface area contributed by atoms with Gasteiger partial charge in [-0.05, 0) is 60.9 Å². The molecular formula is C16H15Br2NO. The van der Waals surface area contributed by atoms with E-state index >= 15 is 0 Å². The van der Waals surface area contributed by atoms with Gasteiger partial charge in [0.1, 0.15) is 0 Å². The van der Waals surface area contributed by atoms with Crippen LogP contribution in [0.4, 0.5) is 5.69 Å². The van der Waals surface area contributed by atoms with E-state index in [2.05, 4.69) is 44.1 Å². The van der Waals surface area contributed by atoms with Crippen LogP contribution in [0, 0.1) is 6.92 Å². The maximum Gasteiger partial charge on any atom is 0.255 e. The van der Waals surface area contributed by atoms with Crippen LogP contribution in [0.15, 0.2) is 45.3 Å². The minimum atomic E-state index is -0.0768. The molecule has 104 valence electrons. The highest BCUT2D eigenvalue weighted by molar-refractivity contribution is 9.10. The molecule has 4 heteroatoms. The smallest absolute Gasteiger partial charge is 0.255 e. The molecule has 0 aliphatic carbocycles. The molecule has 2 aromatic rings. The molecule has 0 radical (unpaired) electrons. The van der Waals surface area contributed by atoms with Gasteiger partial charge in [0.15, 0.2) is 0 Å². The zero-order valence-corrected chi connectivity index (χ0v) is 14.5. The first-order chi connectivity index (χ1) is 9.51. The minimum absolute atomic E-state index is 0.0768. The van der Waals surface area contributed by atoms with Gasteiger partial charge in [-0.3, -0.25) is 4.79 Å². The Morgan fingerprint density at radius 3 is 2.40 bits per heavy atom. The molecule has 0 aliphatic rings. The lowest BCUT2D eigenvalue weighted by Crippen LogP contribution is -2.14. The lowest BCUT2D eigenvalue weighted by atomic mass is 10.1. The number of anilines is 1. The van der Waals surface area contributed by atoms with Gasteiger partial charge in [-0.1, -0.05) is 38.8 Å². The van der Waals surface area contributed by atoms with E-state index in [9.17, 15) is 4.79 Å². The molecule has 0 aromatic heterocycles. The van der Waals surface area contributed by atoms with Crippen molar-refractivity contribution in [3.8, 4) is 0 Å². The van der Waals surface area contributed by atoms with E-state index in [1.54, 1.807) is 0 Å². The minimum Gasteiger partial charge on any atom is -0.322 e. The van der Waals surface area contributed by atoms with Crippen LogP contribution in [-0.4, -0.2) is 5.91 Å². The molecule has 1 amide bonds. The Morgan fingerprint density at radius 1 is 1.10 bits per heavy atom. The van der Waals surface area contributed by atoms with E-state index in [1.165, 1.54) is 0 Å². The molecule has 20 heavy (non-hydrogen) atoms. The lowest BCUT2D eigenvalue weighted by Gasteiger charge is -2.12. The van der Waals surface area contributed by atoms with Gasteiger partial charge < -0.3 is 5.32 Å². The molecule has 1 N–H and O–H groups in total. The fourth-order valence-corrected chi connectivity index (χ4v) is 2.93. The van der Waals surface area contributed by atoms with Crippen LogP contribution < -0.4 is 5.32 Å². The second kappa shape index (κ2) is 6.55. The number of amides is 1. The highest BCUT2D eigenvalue weighted by atomic mass is 79.9. The van der Waals surface area contributed by atoms with Gasteiger partial charge in [0, 0.05) is 20.2 Å². The van der Waals surface area contributed by atoms with E-state index in [-0.39, 0.29) is 5.91 Å². The summed E-state index contributed by atoms with van der Waals surface area (Å²) in [6.07, 6.45) is 0.869. The van der Waals surface area contributed by atoms with Crippen LogP contribution in [0.1, 0.15) is 28.4 Å². The highest BCUT2D eigenvalue weighted by Gasteiger charge is 2.11. The van der Waals surface area contributed by atoms with E-state index in [4.69, 9.17) is 0 Å². The van der Waals surface area contributed by atoms with Crippen LogP contribution in [0.25, 0.3) is 0 Å². The van der Waals surface area contributed by atoms with Gasteiger partial charge >= 0.3 is 0 Å². The van der Waals surface area contributed by atoms with E-state index in [0.717, 1.165) is 32.2 Å². The summed E-state index contributed by atoms with van der Waals surface area (Å²) >= 11 is 6.86. The topological polar surface area (TPSA) is 29.1 Å². The Labute approximate surface area is 135 Å². The molecule has 0 aliphatic heterocycles. The summed E-state index contributed by atoms with van der Waals surface area (Å²) < 4.78 is 2.00. The third kappa shape index (κ3) is 3.49. The van der Waals surface area contributed by atoms with Crippen LogP contribution >= 0.6 is 31.9 Å². The second-order valence-electron chi connectivity index (χ2n) is 4.57. The first-order valence-electron chi connectivity index (χ1n) is 6.37. The zero-order chi connectivity index (χ0) is 14.7. The predicted molar refractivity (Wildman–Crippen MR) is 90.4 cm³/mol. The van der Waals surface area contributed by atoms with Crippen molar-refractivity contribution >= 4 is 43.5 Å². The number of carbonyl (C=O) groups is 1. The van der Waals surface area contributed by atoms with E-state index < -0.39 is 0 Å². The van der Waals surface area contributed by atoms with Crippen LogP contribution in [0.3, 0.4) is 0 Å². The number of carbonyl (C=O) groups excluding carboxylic acids is 1. The second-order valence-corrected chi connectivity index (χ2v) is 6.40. The quantitative estimate of drug-likeness (QED) is 0.745. The number of hydrogen-bond acceptors (Lipinski definition) is 1. The summed E-state index contributed by atoms with van der Waals surface area (Å²) in [5.74, 6) is -0.0768. The first kappa shape index (κ1) is 15.3. The van der Waals surface area contributed by atoms with Crippen LogP contribution in [-0.2, 0) is 6.42 Å². The molecule has 0 bridgehead atoms. The molecule has 2 nitrogen and oxygen atoms in total. The molecule has 0 saturated heterocycles. The number of aryl methyl sites for hydroxylation is 2. The third-order valence-electron chi connectivity index (χ3n) is 3.13. The third-order valence-corrected chi connectivity index (χ3v) is 4.12. The first-order valence-corrected chi connectivity index (χ1v) is 7.95. The molecule has 0 fully saturated rings. The van der Waals surface area contributed by atoms with Crippen LogP contribution in [0.5, 0.6) is 0 Å². The fourth-order valence-electron chi connectivity index (χ4n) is 2.05. The molecule has 0 saturated carbocycles. The molecular weight excluding hydrogens is 382 g/mol. The molecule has 2 rings (SSSR count). The monoisotopic (exact) mass is 395 g/mol. The van der Waals surface area contributed by atoms with Crippen molar-refractivity contribution in [2.24, 2.45) is 0 Å². The van der Waals surface area contributed by atoms with Gasteiger partial charge in [-0.25, -0.2) is 0 Å².